The van der Waals surface area contributed by atoms with Crippen molar-refractivity contribution in [1.29, 1.82) is 0 Å². The summed E-state index contributed by atoms with van der Waals surface area (Å²) in [6.45, 7) is 0. The number of hydrogen-bond donors (Lipinski definition) is 0. The van der Waals surface area contributed by atoms with Gasteiger partial charge < -0.3 is 4.90 Å². The number of anilines is 1. The highest BCUT2D eigenvalue weighted by atomic mass is 35.5. The highest BCUT2D eigenvalue weighted by Gasteiger charge is 2.13. The third-order valence-corrected chi connectivity index (χ3v) is 4.57. The SMILES string of the molecule is CN(C)c1ccc(-c2nc3cc(Cl)ccc3nc2-c2ccccc2)cc1. The van der Waals surface area contributed by atoms with Gasteiger partial charge in [0.05, 0.1) is 22.4 Å². The molecule has 4 aromatic rings. The highest BCUT2D eigenvalue weighted by Crippen LogP contribution is 2.32. The molecule has 0 saturated heterocycles. The van der Waals surface area contributed by atoms with Crippen molar-refractivity contribution < 1.29 is 0 Å². The van der Waals surface area contributed by atoms with Gasteiger partial charge in [-0.3, -0.25) is 0 Å². The monoisotopic (exact) mass is 359 g/mol. The Hall–Kier alpha value is -2.91. The first-order chi connectivity index (χ1) is 12.6. The van der Waals surface area contributed by atoms with E-state index in [1.54, 1.807) is 0 Å². The third-order valence-electron chi connectivity index (χ3n) is 4.33. The highest BCUT2D eigenvalue weighted by molar-refractivity contribution is 6.31. The second kappa shape index (κ2) is 6.77. The molecule has 0 unspecified atom stereocenters. The molecule has 3 aromatic carbocycles. The Labute approximate surface area is 157 Å². The molecule has 0 radical (unpaired) electrons. The Morgan fingerprint density at radius 3 is 1.96 bits per heavy atom. The predicted octanol–water partition coefficient (Wildman–Crippen LogP) is 5.68. The van der Waals surface area contributed by atoms with Crippen molar-refractivity contribution in [2.45, 2.75) is 0 Å². The van der Waals surface area contributed by atoms with Crippen molar-refractivity contribution in [3.05, 3.63) is 77.8 Å². The molecule has 0 bridgehead atoms. The maximum Gasteiger partial charge on any atom is 0.0973 e. The Bertz CT molecular complexity index is 1060. The molecule has 0 amide bonds. The Morgan fingerprint density at radius 1 is 0.692 bits per heavy atom. The predicted molar refractivity (Wildman–Crippen MR) is 110 cm³/mol. The van der Waals surface area contributed by atoms with Crippen LogP contribution in [-0.2, 0) is 0 Å². The van der Waals surface area contributed by atoms with Gasteiger partial charge in [0.1, 0.15) is 0 Å². The fourth-order valence-corrected chi connectivity index (χ4v) is 3.11. The van der Waals surface area contributed by atoms with Gasteiger partial charge in [0.25, 0.3) is 0 Å². The number of rotatable bonds is 3. The molecule has 26 heavy (non-hydrogen) atoms. The lowest BCUT2D eigenvalue weighted by molar-refractivity contribution is 1.13. The van der Waals surface area contributed by atoms with Crippen molar-refractivity contribution in [2.75, 3.05) is 19.0 Å². The lowest BCUT2D eigenvalue weighted by Crippen LogP contribution is -2.08. The van der Waals surface area contributed by atoms with Crippen molar-refractivity contribution >= 4 is 28.3 Å². The van der Waals surface area contributed by atoms with Gasteiger partial charge in [0.15, 0.2) is 0 Å². The summed E-state index contributed by atoms with van der Waals surface area (Å²) in [6, 6.07) is 24.1. The Balaban J connectivity index is 1.95. The van der Waals surface area contributed by atoms with Gasteiger partial charge >= 0.3 is 0 Å². The largest absolute Gasteiger partial charge is 0.378 e. The third kappa shape index (κ3) is 3.14. The van der Waals surface area contributed by atoms with Gasteiger partial charge in [-0.05, 0) is 30.3 Å². The molecule has 0 saturated carbocycles. The Kier molecular flexibility index (Phi) is 4.31. The number of halogens is 1. The van der Waals surface area contributed by atoms with E-state index in [0.717, 1.165) is 39.2 Å². The van der Waals surface area contributed by atoms with Crippen LogP contribution >= 0.6 is 11.6 Å². The van der Waals surface area contributed by atoms with Crippen LogP contribution in [0, 0.1) is 0 Å². The smallest absolute Gasteiger partial charge is 0.0973 e. The van der Waals surface area contributed by atoms with Crippen LogP contribution in [0.5, 0.6) is 0 Å². The lowest BCUT2D eigenvalue weighted by Gasteiger charge is -2.14. The molecule has 0 aliphatic carbocycles. The first kappa shape index (κ1) is 16.6. The molecular formula is C22H18ClN3. The molecule has 4 rings (SSSR count). The van der Waals surface area contributed by atoms with E-state index in [2.05, 4.69) is 41.3 Å². The van der Waals surface area contributed by atoms with Crippen molar-refractivity contribution in [3.63, 3.8) is 0 Å². The van der Waals surface area contributed by atoms with Crippen LogP contribution in [0.3, 0.4) is 0 Å². The van der Waals surface area contributed by atoms with Gasteiger partial charge in [-0.2, -0.15) is 0 Å². The standard InChI is InChI=1S/C22H18ClN3/c1-26(2)18-11-8-16(9-12-18)22-21(15-6-4-3-5-7-15)24-19-13-10-17(23)14-20(19)25-22/h3-14H,1-2H3. The van der Waals surface area contributed by atoms with E-state index in [1.165, 1.54) is 0 Å². The van der Waals surface area contributed by atoms with Gasteiger partial charge in [-0.25, -0.2) is 9.97 Å². The summed E-state index contributed by atoms with van der Waals surface area (Å²) in [6.07, 6.45) is 0. The zero-order valence-corrected chi connectivity index (χ0v) is 15.4. The fourth-order valence-electron chi connectivity index (χ4n) is 2.94. The molecule has 1 aromatic heterocycles. The fraction of sp³-hybridized carbons (Fsp3) is 0.0909. The van der Waals surface area contributed by atoms with E-state index in [0.29, 0.717) is 5.02 Å². The van der Waals surface area contributed by atoms with Crippen molar-refractivity contribution in [3.8, 4) is 22.5 Å². The summed E-state index contributed by atoms with van der Waals surface area (Å²) in [5, 5.41) is 0.660. The summed E-state index contributed by atoms with van der Waals surface area (Å²) < 4.78 is 0. The van der Waals surface area contributed by atoms with Gasteiger partial charge in [-0.15, -0.1) is 0 Å². The number of hydrogen-bond acceptors (Lipinski definition) is 3. The van der Waals surface area contributed by atoms with Crippen LogP contribution in [0.15, 0.2) is 72.8 Å². The molecule has 0 N–H and O–H groups in total. The first-order valence-electron chi connectivity index (χ1n) is 8.42. The molecule has 0 aliphatic heterocycles. The molecule has 0 fully saturated rings. The van der Waals surface area contributed by atoms with Crippen LogP contribution < -0.4 is 4.90 Å². The summed E-state index contributed by atoms with van der Waals surface area (Å²) in [5.41, 5.74) is 6.58. The molecular weight excluding hydrogens is 342 g/mol. The molecule has 128 valence electrons. The van der Waals surface area contributed by atoms with Crippen LogP contribution in [0.25, 0.3) is 33.5 Å². The van der Waals surface area contributed by atoms with E-state index in [-0.39, 0.29) is 0 Å². The quantitative estimate of drug-likeness (QED) is 0.471. The second-order valence-electron chi connectivity index (χ2n) is 6.36. The van der Waals surface area contributed by atoms with Crippen LogP contribution in [0.4, 0.5) is 5.69 Å². The molecule has 0 spiro atoms. The molecule has 0 aliphatic rings. The zero-order valence-electron chi connectivity index (χ0n) is 14.6. The maximum absolute atomic E-state index is 6.16. The average Bonchev–Trinajstić information content (AvgIpc) is 2.67. The molecule has 3 nitrogen and oxygen atoms in total. The molecule has 1 heterocycles. The number of fused-ring (bicyclic) bond motifs is 1. The van der Waals surface area contributed by atoms with Gasteiger partial charge in [0, 0.05) is 35.9 Å². The van der Waals surface area contributed by atoms with Gasteiger partial charge in [0.2, 0.25) is 0 Å². The minimum Gasteiger partial charge on any atom is -0.378 e. The number of nitrogens with zero attached hydrogens (tertiary/aromatic N) is 3. The maximum atomic E-state index is 6.16. The van der Waals surface area contributed by atoms with Crippen molar-refractivity contribution in [1.82, 2.24) is 9.97 Å². The lowest BCUT2D eigenvalue weighted by atomic mass is 10.0. The molecule has 0 atom stereocenters. The number of benzene rings is 3. The molecule has 4 heteroatoms. The van der Waals surface area contributed by atoms with E-state index in [1.807, 2.05) is 50.5 Å². The normalized spacial score (nSPS) is 10.9. The van der Waals surface area contributed by atoms with E-state index < -0.39 is 0 Å². The minimum atomic E-state index is 0.660. The second-order valence-corrected chi connectivity index (χ2v) is 6.80. The van der Waals surface area contributed by atoms with Crippen molar-refractivity contribution in [2.24, 2.45) is 0 Å². The summed E-state index contributed by atoms with van der Waals surface area (Å²) in [7, 11) is 4.06. The van der Waals surface area contributed by atoms with E-state index in [4.69, 9.17) is 21.6 Å². The van der Waals surface area contributed by atoms with Crippen LogP contribution in [-0.4, -0.2) is 24.1 Å². The first-order valence-corrected chi connectivity index (χ1v) is 8.80. The average molecular weight is 360 g/mol. The van der Waals surface area contributed by atoms with Gasteiger partial charge in [-0.1, -0.05) is 54.1 Å². The van der Waals surface area contributed by atoms with E-state index >= 15 is 0 Å². The van der Waals surface area contributed by atoms with E-state index in [9.17, 15) is 0 Å². The number of aromatic nitrogens is 2. The topological polar surface area (TPSA) is 29.0 Å². The summed E-state index contributed by atoms with van der Waals surface area (Å²) >= 11 is 6.16. The minimum absolute atomic E-state index is 0.660. The Morgan fingerprint density at radius 2 is 1.31 bits per heavy atom. The summed E-state index contributed by atoms with van der Waals surface area (Å²) in [4.78, 5) is 11.9. The zero-order chi connectivity index (χ0) is 18.1. The van der Waals surface area contributed by atoms with Crippen LogP contribution in [0.1, 0.15) is 0 Å². The summed E-state index contributed by atoms with van der Waals surface area (Å²) in [5.74, 6) is 0. The van der Waals surface area contributed by atoms with Crippen LogP contribution in [0.2, 0.25) is 5.02 Å².